The normalized spacial score (nSPS) is 18.5. The average molecular weight is 599 g/mol. The number of hydrogen-bond donors (Lipinski definition) is 2. The van der Waals surface area contributed by atoms with Gasteiger partial charge in [0.25, 0.3) is 0 Å². The van der Waals surface area contributed by atoms with E-state index in [1.165, 1.54) is 23.7 Å². The predicted molar refractivity (Wildman–Crippen MR) is 165 cm³/mol. The number of aromatic nitrogens is 2. The van der Waals surface area contributed by atoms with Crippen LogP contribution in [0.3, 0.4) is 0 Å². The van der Waals surface area contributed by atoms with Crippen molar-refractivity contribution in [2.24, 2.45) is 0 Å². The number of hydrogen-bond acceptors (Lipinski definition) is 9. The summed E-state index contributed by atoms with van der Waals surface area (Å²) in [4.78, 5) is 14.2. The van der Waals surface area contributed by atoms with Crippen molar-refractivity contribution < 1.29 is 13.2 Å². The summed E-state index contributed by atoms with van der Waals surface area (Å²) >= 11 is 6.44. The van der Waals surface area contributed by atoms with Crippen molar-refractivity contribution in [3.05, 3.63) is 58.7 Å². The molecule has 5 rings (SSSR count). The topological polar surface area (TPSA) is 99.7 Å². The Balaban J connectivity index is 1.39. The standard InChI is InChI=1S/C30H39ClN6O3S/c1-20(2)41(38,39)27-11-6-5-10-25(27)33-29-24(31)19-32-30(35-29)34-26-13-12-21-18-22(37-16-14-36(3)15-17-37)8-7-9-23(21)28(26)40-4/h5-6,10-13,19-20,22H,7-9,14-18H2,1-4H3,(H2,32,33,34,35). The highest BCUT2D eigenvalue weighted by atomic mass is 35.5. The van der Waals surface area contributed by atoms with Crippen molar-refractivity contribution in [2.75, 3.05) is 51.0 Å². The molecule has 1 aliphatic heterocycles. The molecule has 0 radical (unpaired) electrons. The van der Waals surface area contributed by atoms with Crippen molar-refractivity contribution >= 4 is 44.6 Å². The molecule has 1 unspecified atom stereocenters. The number of sulfone groups is 1. The number of piperazine rings is 1. The molecular formula is C30H39ClN6O3S. The van der Waals surface area contributed by atoms with Gasteiger partial charge in [-0.2, -0.15) is 4.98 Å². The van der Waals surface area contributed by atoms with Crippen molar-refractivity contribution in [3.63, 3.8) is 0 Å². The Bertz CT molecular complexity index is 1490. The second-order valence-corrected chi connectivity index (χ2v) is 14.0. The van der Waals surface area contributed by atoms with Gasteiger partial charge in [-0.1, -0.05) is 29.8 Å². The molecule has 0 amide bonds. The first kappa shape index (κ1) is 29.6. The van der Waals surface area contributed by atoms with Gasteiger partial charge in [-0.05, 0) is 75.9 Å². The van der Waals surface area contributed by atoms with Crippen molar-refractivity contribution in [2.45, 2.75) is 55.7 Å². The first-order valence-corrected chi connectivity index (χ1v) is 16.1. The van der Waals surface area contributed by atoms with Gasteiger partial charge < -0.3 is 20.3 Å². The molecule has 1 fully saturated rings. The van der Waals surface area contributed by atoms with E-state index in [1.807, 2.05) is 6.07 Å². The maximum absolute atomic E-state index is 12.9. The summed E-state index contributed by atoms with van der Waals surface area (Å²) in [7, 11) is 0.373. The Morgan fingerprint density at radius 2 is 1.80 bits per heavy atom. The van der Waals surface area contributed by atoms with Gasteiger partial charge in [0.2, 0.25) is 5.95 Å². The Kier molecular flexibility index (Phi) is 9.03. The van der Waals surface area contributed by atoms with Crippen LogP contribution in [0.25, 0.3) is 0 Å². The van der Waals surface area contributed by atoms with Crippen molar-refractivity contribution in [1.82, 2.24) is 19.8 Å². The summed E-state index contributed by atoms with van der Waals surface area (Å²) in [6.45, 7) is 7.79. The third-order valence-electron chi connectivity index (χ3n) is 8.09. The Labute approximate surface area is 248 Å². The highest BCUT2D eigenvalue weighted by Crippen LogP contribution is 2.38. The lowest BCUT2D eigenvalue weighted by Gasteiger charge is -2.37. The molecule has 1 aromatic heterocycles. The van der Waals surface area contributed by atoms with Gasteiger partial charge in [0.05, 0.1) is 34.8 Å². The Morgan fingerprint density at radius 1 is 1.05 bits per heavy atom. The number of anilines is 4. The molecule has 2 aliphatic rings. The third-order valence-corrected chi connectivity index (χ3v) is 10.6. The molecule has 220 valence electrons. The zero-order valence-corrected chi connectivity index (χ0v) is 25.7. The highest BCUT2D eigenvalue weighted by molar-refractivity contribution is 7.92. The number of para-hydroxylation sites is 1. The van der Waals surface area contributed by atoms with Crippen LogP contribution in [0, 0.1) is 0 Å². The smallest absolute Gasteiger partial charge is 0.229 e. The van der Waals surface area contributed by atoms with E-state index in [-0.39, 0.29) is 9.92 Å². The monoisotopic (exact) mass is 598 g/mol. The lowest BCUT2D eigenvalue weighted by molar-refractivity contribution is 0.106. The Hall–Kier alpha value is -2.92. The Morgan fingerprint density at radius 3 is 2.54 bits per heavy atom. The SMILES string of the molecule is COc1c(Nc2ncc(Cl)c(Nc3ccccc3S(=O)(=O)C(C)C)n2)ccc2c1CCCC(N1CCN(C)CC1)C2. The molecular weight excluding hydrogens is 560 g/mol. The quantitative estimate of drug-likeness (QED) is 0.334. The summed E-state index contributed by atoms with van der Waals surface area (Å²) in [5, 5.41) is 6.13. The second kappa shape index (κ2) is 12.5. The van der Waals surface area contributed by atoms with E-state index < -0.39 is 15.1 Å². The molecule has 41 heavy (non-hydrogen) atoms. The van der Waals surface area contributed by atoms with Crippen LogP contribution in [0.5, 0.6) is 5.75 Å². The van der Waals surface area contributed by atoms with Gasteiger partial charge >= 0.3 is 0 Å². The van der Waals surface area contributed by atoms with Crippen LogP contribution in [0.2, 0.25) is 5.02 Å². The van der Waals surface area contributed by atoms with Crippen molar-refractivity contribution in [3.8, 4) is 5.75 Å². The summed E-state index contributed by atoms with van der Waals surface area (Å²) in [5.41, 5.74) is 3.75. The molecule has 2 heterocycles. The molecule has 3 aromatic rings. The lowest BCUT2D eigenvalue weighted by Crippen LogP contribution is -2.49. The fourth-order valence-electron chi connectivity index (χ4n) is 5.67. The van der Waals surface area contributed by atoms with Crippen LogP contribution < -0.4 is 15.4 Å². The van der Waals surface area contributed by atoms with Crippen LogP contribution in [0.15, 0.2) is 47.5 Å². The molecule has 9 nitrogen and oxygen atoms in total. The molecule has 2 aromatic carbocycles. The number of nitrogens with one attached hydrogen (secondary N) is 2. The van der Waals surface area contributed by atoms with Gasteiger partial charge in [-0.15, -0.1) is 0 Å². The number of rotatable bonds is 8. The molecule has 1 saturated heterocycles. The molecule has 0 saturated carbocycles. The zero-order chi connectivity index (χ0) is 29.1. The minimum Gasteiger partial charge on any atom is -0.494 e. The predicted octanol–water partition coefficient (Wildman–Crippen LogP) is 5.30. The van der Waals surface area contributed by atoms with E-state index in [0.717, 1.165) is 56.9 Å². The molecule has 11 heteroatoms. The van der Waals surface area contributed by atoms with E-state index in [4.69, 9.17) is 16.3 Å². The number of benzene rings is 2. The van der Waals surface area contributed by atoms with Crippen LogP contribution in [0.1, 0.15) is 37.8 Å². The van der Waals surface area contributed by atoms with E-state index in [9.17, 15) is 8.42 Å². The van der Waals surface area contributed by atoms with Crippen molar-refractivity contribution in [1.29, 1.82) is 0 Å². The first-order valence-electron chi connectivity index (χ1n) is 14.2. The molecule has 0 bridgehead atoms. The van der Waals surface area contributed by atoms with Crippen LogP contribution in [-0.4, -0.2) is 79.8 Å². The van der Waals surface area contributed by atoms with E-state index in [2.05, 4.69) is 43.5 Å². The van der Waals surface area contributed by atoms with Gasteiger partial charge in [0, 0.05) is 32.2 Å². The number of fused-ring (bicyclic) bond motifs is 1. The first-order chi connectivity index (χ1) is 19.7. The zero-order valence-electron chi connectivity index (χ0n) is 24.2. The van der Waals surface area contributed by atoms with E-state index >= 15 is 0 Å². The summed E-state index contributed by atoms with van der Waals surface area (Å²) in [5.74, 6) is 1.44. The minimum atomic E-state index is -3.52. The minimum absolute atomic E-state index is 0.196. The van der Waals surface area contributed by atoms with Gasteiger partial charge in [-0.25, -0.2) is 13.4 Å². The summed E-state index contributed by atoms with van der Waals surface area (Å²) < 4.78 is 31.8. The van der Waals surface area contributed by atoms with E-state index in [0.29, 0.717) is 23.5 Å². The van der Waals surface area contributed by atoms with Crippen LogP contribution in [-0.2, 0) is 22.7 Å². The third kappa shape index (κ3) is 6.45. The largest absolute Gasteiger partial charge is 0.494 e. The molecule has 1 aliphatic carbocycles. The fourth-order valence-corrected chi connectivity index (χ4v) is 7.01. The molecule has 1 atom stereocenters. The maximum atomic E-state index is 12.9. The number of halogens is 1. The van der Waals surface area contributed by atoms with Gasteiger partial charge in [0.15, 0.2) is 15.7 Å². The van der Waals surface area contributed by atoms with Gasteiger partial charge in [0.1, 0.15) is 10.8 Å². The maximum Gasteiger partial charge on any atom is 0.229 e. The van der Waals surface area contributed by atoms with Gasteiger partial charge in [-0.3, -0.25) is 4.90 Å². The average Bonchev–Trinajstić information content (AvgIpc) is 3.18. The van der Waals surface area contributed by atoms with E-state index in [1.54, 1.807) is 45.2 Å². The summed E-state index contributed by atoms with van der Waals surface area (Å²) in [6.07, 6.45) is 5.74. The fraction of sp³-hybridized carbons (Fsp3) is 0.467. The number of likely N-dealkylation sites (N-methyl/N-ethyl adjacent to an activating group) is 1. The lowest BCUT2D eigenvalue weighted by atomic mass is 9.99. The number of methoxy groups -OCH3 is 1. The molecule has 0 spiro atoms. The summed E-state index contributed by atoms with van der Waals surface area (Å²) in [6, 6.07) is 11.5. The number of nitrogens with zero attached hydrogens (tertiary/aromatic N) is 4. The van der Waals surface area contributed by atoms with Crippen LogP contribution in [0.4, 0.5) is 23.1 Å². The highest BCUT2D eigenvalue weighted by Gasteiger charge is 2.28. The number of ether oxygens (including phenoxy) is 1. The van der Waals surface area contributed by atoms with Crippen LogP contribution >= 0.6 is 11.6 Å². The molecule has 2 N–H and O–H groups in total. The second-order valence-electron chi connectivity index (χ2n) is 11.1.